The second-order valence-corrected chi connectivity index (χ2v) is 6.22. The minimum Gasteiger partial charge on any atom is -0.439 e. The first-order valence-electron chi connectivity index (χ1n) is 7.80. The molecule has 7 heteroatoms. The number of piperazine rings is 1. The summed E-state index contributed by atoms with van der Waals surface area (Å²) >= 11 is 5.97. The van der Waals surface area contributed by atoms with Crippen LogP contribution in [0, 0.1) is 0 Å². The zero-order chi connectivity index (χ0) is 17.1. The van der Waals surface area contributed by atoms with E-state index in [2.05, 4.69) is 14.9 Å². The molecule has 126 valence electrons. The minimum atomic E-state index is 0.106. The van der Waals surface area contributed by atoms with Crippen molar-refractivity contribution in [2.45, 2.75) is 19.9 Å². The van der Waals surface area contributed by atoms with Gasteiger partial charge in [-0.1, -0.05) is 17.7 Å². The van der Waals surface area contributed by atoms with Gasteiger partial charge in [-0.3, -0.25) is 4.79 Å². The summed E-state index contributed by atoms with van der Waals surface area (Å²) in [5.41, 5.74) is 0. The molecule has 2 aromatic rings. The predicted octanol–water partition coefficient (Wildman–Crippen LogP) is 2.98. The van der Waals surface area contributed by atoms with Crippen LogP contribution in [0.25, 0.3) is 0 Å². The van der Waals surface area contributed by atoms with E-state index in [1.165, 1.54) is 6.33 Å². The van der Waals surface area contributed by atoms with Gasteiger partial charge >= 0.3 is 0 Å². The highest BCUT2D eigenvalue weighted by molar-refractivity contribution is 6.30. The van der Waals surface area contributed by atoms with Crippen molar-refractivity contribution < 1.29 is 9.53 Å². The van der Waals surface area contributed by atoms with Crippen molar-refractivity contribution in [3.05, 3.63) is 41.7 Å². The molecule has 1 amide bonds. The lowest BCUT2D eigenvalue weighted by Gasteiger charge is -2.39. The van der Waals surface area contributed by atoms with Crippen LogP contribution in [0.2, 0.25) is 5.02 Å². The molecule has 1 aliphatic heterocycles. The van der Waals surface area contributed by atoms with Crippen LogP contribution >= 0.6 is 11.6 Å². The molecule has 1 fully saturated rings. The molecule has 0 aliphatic carbocycles. The number of halogens is 1. The van der Waals surface area contributed by atoms with Crippen molar-refractivity contribution in [1.82, 2.24) is 14.9 Å². The summed E-state index contributed by atoms with van der Waals surface area (Å²) in [6.45, 7) is 5.79. The summed E-state index contributed by atoms with van der Waals surface area (Å²) in [5.74, 6) is 1.98. The van der Waals surface area contributed by atoms with Gasteiger partial charge in [-0.2, -0.15) is 0 Å². The Morgan fingerprint density at radius 2 is 2.12 bits per heavy atom. The van der Waals surface area contributed by atoms with Crippen LogP contribution in [0.3, 0.4) is 0 Å². The van der Waals surface area contributed by atoms with Gasteiger partial charge in [0.2, 0.25) is 11.8 Å². The fourth-order valence-corrected chi connectivity index (χ4v) is 3.02. The fourth-order valence-electron chi connectivity index (χ4n) is 2.84. The third-order valence-electron chi connectivity index (χ3n) is 4.00. The van der Waals surface area contributed by atoms with E-state index < -0.39 is 0 Å². The van der Waals surface area contributed by atoms with Crippen LogP contribution < -0.4 is 9.64 Å². The monoisotopic (exact) mass is 346 g/mol. The Hall–Kier alpha value is -2.34. The van der Waals surface area contributed by atoms with Gasteiger partial charge < -0.3 is 14.5 Å². The van der Waals surface area contributed by atoms with Crippen molar-refractivity contribution in [1.29, 1.82) is 0 Å². The molecule has 1 aliphatic rings. The van der Waals surface area contributed by atoms with E-state index in [9.17, 15) is 4.79 Å². The number of rotatable bonds is 3. The summed E-state index contributed by atoms with van der Waals surface area (Å²) in [7, 11) is 0. The van der Waals surface area contributed by atoms with E-state index in [1.807, 2.05) is 24.0 Å². The van der Waals surface area contributed by atoms with Crippen LogP contribution in [0.1, 0.15) is 13.8 Å². The highest BCUT2D eigenvalue weighted by Gasteiger charge is 2.26. The number of amides is 1. The number of ether oxygens (including phenoxy) is 1. The zero-order valence-corrected chi connectivity index (χ0v) is 14.4. The Balaban J connectivity index is 1.73. The number of carbonyl (C=O) groups excluding carboxylic acids is 1. The molecule has 3 rings (SSSR count). The maximum absolute atomic E-state index is 11.6. The Kier molecular flexibility index (Phi) is 4.85. The average molecular weight is 347 g/mol. The number of anilines is 1. The van der Waals surface area contributed by atoms with E-state index in [1.54, 1.807) is 25.1 Å². The van der Waals surface area contributed by atoms with Crippen molar-refractivity contribution in [3.63, 3.8) is 0 Å². The van der Waals surface area contributed by atoms with Gasteiger partial charge in [-0.25, -0.2) is 9.97 Å². The number of hydrogen-bond donors (Lipinski definition) is 0. The first-order chi connectivity index (χ1) is 11.5. The van der Waals surface area contributed by atoms with Crippen molar-refractivity contribution in [2.24, 2.45) is 0 Å². The molecule has 0 spiro atoms. The molecule has 24 heavy (non-hydrogen) atoms. The smallest absolute Gasteiger partial charge is 0.224 e. The standard InChI is InChI=1S/C17H19ClN4O2/c1-12-10-21(6-7-22(12)13(2)23)16-9-17(20-11-19-16)24-15-5-3-4-14(18)8-15/h3-5,8-9,11-12H,6-7,10H2,1-2H3. The molecule has 1 unspecified atom stereocenters. The van der Waals surface area contributed by atoms with E-state index in [0.29, 0.717) is 23.2 Å². The summed E-state index contributed by atoms with van der Waals surface area (Å²) in [6, 6.07) is 9.11. The minimum absolute atomic E-state index is 0.106. The summed E-state index contributed by atoms with van der Waals surface area (Å²) in [4.78, 5) is 24.1. The zero-order valence-electron chi connectivity index (χ0n) is 13.6. The van der Waals surface area contributed by atoms with Gasteiger partial charge in [0, 0.05) is 43.7 Å². The van der Waals surface area contributed by atoms with Crippen molar-refractivity contribution in [3.8, 4) is 11.6 Å². The van der Waals surface area contributed by atoms with Crippen LogP contribution in [0.4, 0.5) is 5.82 Å². The molecule has 6 nitrogen and oxygen atoms in total. The summed E-state index contributed by atoms with van der Waals surface area (Å²) < 4.78 is 5.75. The third kappa shape index (κ3) is 3.76. The maximum Gasteiger partial charge on any atom is 0.224 e. The largest absolute Gasteiger partial charge is 0.439 e. The quantitative estimate of drug-likeness (QED) is 0.855. The molecular weight excluding hydrogens is 328 g/mol. The lowest BCUT2D eigenvalue weighted by atomic mass is 10.2. The highest BCUT2D eigenvalue weighted by atomic mass is 35.5. The lowest BCUT2D eigenvalue weighted by Crippen LogP contribution is -2.53. The van der Waals surface area contributed by atoms with E-state index in [4.69, 9.17) is 16.3 Å². The van der Waals surface area contributed by atoms with Crippen LogP contribution in [0.15, 0.2) is 36.7 Å². The first-order valence-corrected chi connectivity index (χ1v) is 8.18. The van der Waals surface area contributed by atoms with E-state index in [0.717, 1.165) is 18.9 Å². The lowest BCUT2D eigenvalue weighted by molar-refractivity contribution is -0.131. The molecule has 2 heterocycles. The second kappa shape index (κ2) is 7.05. The first kappa shape index (κ1) is 16.5. The Bertz CT molecular complexity index is 740. The van der Waals surface area contributed by atoms with Gasteiger partial charge in [0.25, 0.3) is 0 Å². The molecule has 0 bridgehead atoms. The number of benzene rings is 1. The van der Waals surface area contributed by atoms with Gasteiger partial charge in [-0.15, -0.1) is 0 Å². The topological polar surface area (TPSA) is 58.6 Å². The van der Waals surface area contributed by atoms with Crippen LogP contribution in [-0.2, 0) is 4.79 Å². The van der Waals surface area contributed by atoms with E-state index >= 15 is 0 Å². The Morgan fingerprint density at radius 3 is 2.83 bits per heavy atom. The number of nitrogens with zero attached hydrogens (tertiary/aromatic N) is 4. The Morgan fingerprint density at radius 1 is 1.29 bits per heavy atom. The van der Waals surface area contributed by atoms with Crippen LogP contribution in [0.5, 0.6) is 11.6 Å². The maximum atomic E-state index is 11.6. The van der Waals surface area contributed by atoms with Crippen LogP contribution in [-0.4, -0.2) is 46.5 Å². The predicted molar refractivity (Wildman–Crippen MR) is 92.6 cm³/mol. The highest BCUT2D eigenvalue weighted by Crippen LogP contribution is 2.25. The molecular formula is C17H19ClN4O2. The number of aromatic nitrogens is 2. The van der Waals surface area contributed by atoms with Gasteiger partial charge in [0.15, 0.2) is 0 Å². The number of carbonyl (C=O) groups is 1. The fraction of sp³-hybridized carbons (Fsp3) is 0.353. The molecule has 1 aromatic heterocycles. The molecule has 0 N–H and O–H groups in total. The average Bonchev–Trinajstić information content (AvgIpc) is 2.54. The second-order valence-electron chi connectivity index (χ2n) is 5.78. The molecule has 1 saturated heterocycles. The van der Waals surface area contributed by atoms with E-state index in [-0.39, 0.29) is 11.9 Å². The number of hydrogen-bond acceptors (Lipinski definition) is 5. The van der Waals surface area contributed by atoms with Gasteiger partial charge in [0.05, 0.1) is 0 Å². The van der Waals surface area contributed by atoms with Crippen molar-refractivity contribution in [2.75, 3.05) is 24.5 Å². The molecule has 0 saturated carbocycles. The SMILES string of the molecule is CC(=O)N1CCN(c2cc(Oc3cccc(Cl)c3)ncn2)CC1C. The summed E-state index contributed by atoms with van der Waals surface area (Å²) in [6.07, 6.45) is 1.48. The molecule has 1 aromatic carbocycles. The Labute approximate surface area is 146 Å². The molecule has 0 radical (unpaired) electrons. The third-order valence-corrected chi connectivity index (χ3v) is 4.24. The van der Waals surface area contributed by atoms with Gasteiger partial charge in [-0.05, 0) is 25.1 Å². The van der Waals surface area contributed by atoms with Crippen molar-refractivity contribution >= 4 is 23.3 Å². The van der Waals surface area contributed by atoms with Gasteiger partial charge in [0.1, 0.15) is 17.9 Å². The molecule has 1 atom stereocenters. The normalized spacial score (nSPS) is 17.7. The summed E-state index contributed by atoms with van der Waals surface area (Å²) in [5, 5.41) is 0.607.